The molecule has 0 aromatic rings. The normalized spacial score (nSPS) is 33.2. The molecule has 6 nitrogen and oxygen atoms in total. The highest BCUT2D eigenvalue weighted by Gasteiger charge is 2.50. The Labute approximate surface area is 126 Å². The van der Waals surface area contributed by atoms with Crippen molar-refractivity contribution < 1.29 is 23.7 Å². The van der Waals surface area contributed by atoms with Gasteiger partial charge >= 0.3 is 6.09 Å². The summed E-state index contributed by atoms with van der Waals surface area (Å²) in [5.74, 6) is 0. The van der Waals surface area contributed by atoms with Crippen LogP contribution in [0.3, 0.4) is 0 Å². The molecule has 122 valence electrons. The molecule has 0 saturated carbocycles. The molecule has 2 fully saturated rings. The molecule has 0 aliphatic carbocycles. The first-order chi connectivity index (χ1) is 9.77. The average Bonchev–Trinajstić information content (AvgIpc) is 2.81. The smallest absolute Gasteiger partial charge is 0.410 e. The number of amides is 1. The molecule has 2 saturated heterocycles. The molecular formula is C15H27NO5. The summed E-state index contributed by atoms with van der Waals surface area (Å²) in [6.07, 6.45) is 1.16. The third-order valence-corrected chi connectivity index (χ3v) is 4.18. The van der Waals surface area contributed by atoms with Crippen molar-refractivity contribution in [3.05, 3.63) is 0 Å². The minimum atomic E-state index is -0.490. The molecule has 1 spiro atoms. The number of carbonyl (C=O) groups excluding carboxylic acids is 1. The van der Waals surface area contributed by atoms with E-state index in [9.17, 15) is 4.79 Å². The molecule has 2 aliphatic rings. The van der Waals surface area contributed by atoms with E-state index in [0.29, 0.717) is 19.8 Å². The lowest BCUT2D eigenvalue weighted by molar-refractivity contribution is -0.170. The summed E-state index contributed by atoms with van der Waals surface area (Å²) in [4.78, 5) is 13.8. The molecule has 6 heteroatoms. The van der Waals surface area contributed by atoms with E-state index >= 15 is 0 Å². The second kappa shape index (κ2) is 6.10. The highest BCUT2D eigenvalue weighted by molar-refractivity contribution is 5.68. The summed E-state index contributed by atoms with van der Waals surface area (Å²) in [5, 5.41) is 0. The monoisotopic (exact) mass is 301 g/mol. The van der Waals surface area contributed by atoms with E-state index in [1.54, 1.807) is 19.1 Å². The maximum absolute atomic E-state index is 12.2. The Bertz CT molecular complexity index is 381. The quantitative estimate of drug-likeness (QED) is 0.778. The van der Waals surface area contributed by atoms with Gasteiger partial charge in [-0.2, -0.15) is 0 Å². The van der Waals surface area contributed by atoms with Crippen LogP contribution in [0.5, 0.6) is 0 Å². The Morgan fingerprint density at radius 3 is 2.67 bits per heavy atom. The number of rotatable bonds is 2. The minimum absolute atomic E-state index is 0.00981. The van der Waals surface area contributed by atoms with Crippen LogP contribution < -0.4 is 0 Å². The Kier molecular flexibility index (Phi) is 4.80. The summed E-state index contributed by atoms with van der Waals surface area (Å²) in [6.45, 7) is 7.32. The van der Waals surface area contributed by atoms with Crippen LogP contribution >= 0.6 is 0 Å². The van der Waals surface area contributed by atoms with Gasteiger partial charge in [-0.3, -0.25) is 0 Å². The average molecular weight is 301 g/mol. The molecule has 2 aliphatic heterocycles. The zero-order valence-electron chi connectivity index (χ0n) is 13.7. The van der Waals surface area contributed by atoms with Crippen LogP contribution in [-0.2, 0) is 18.9 Å². The number of likely N-dealkylation sites (N-methyl/N-ethyl adjacent to an activating group) is 1. The lowest BCUT2D eigenvalue weighted by atomic mass is 9.87. The summed E-state index contributed by atoms with van der Waals surface area (Å²) in [6, 6.07) is 0.00981. The van der Waals surface area contributed by atoms with Gasteiger partial charge in [-0.05, 0) is 20.8 Å². The fourth-order valence-electron chi connectivity index (χ4n) is 2.94. The largest absolute Gasteiger partial charge is 0.444 e. The fraction of sp³-hybridized carbons (Fsp3) is 0.933. The van der Waals surface area contributed by atoms with Gasteiger partial charge in [-0.15, -0.1) is 0 Å². The van der Waals surface area contributed by atoms with Crippen molar-refractivity contribution >= 4 is 6.09 Å². The third kappa shape index (κ3) is 3.67. The first-order valence-electron chi connectivity index (χ1n) is 7.48. The highest BCUT2D eigenvalue weighted by Crippen LogP contribution is 2.38. The maximum atomic E-state index is 12.2. The van der Waals surface area contributed by atoms with E-state index in [-0.39, 0.29) is 23.8 Å². The van der Waals surface area contributed by atoms with Crippen LogP contribution in [-0.4, -0.2) is 68.3 Å². The first-order valence-corrected chi connectivity index (χ1v) is 7.48. The number of ether oxygens (including phenoxy) is 4. The second-order valence-corrected chi connectivity index (χ2v) is 6.87. The number of hydrogen-bond donors (Lipinski definition) is 0. The maximum Gasteiger partial charge on any atom is 0.410 e. The van der Waals surface area contributed by atoms with E-state index in [0.717, 1.165) is 12.8 Å². The van der Waals surface area contributed by atoms with Crippen LogP contribution in [0.15, 0.2) is 0 Å². The minimum Gasteiger partial charge on any atom is -0.444 e. The third-order valence-electron chi connectivity index (χ3n) is 4.18. The van der Waals surface area contributed by atoms with Gasteiger partial charge in [-0.25, -0.2) is 4.79 Å². The summed E-state index contributed by atoms with van der Waals surface area (Å²) in [5.41, 5.74) is -0.829. The molecule has 0 radical (unpaired) electrons. The van der Waals surface area contributed by atoms with Crippen LogP contribution in [0.1, 0.15) is 33.6 Å². The number of carbonyl (C=O) groups is 1. The van der Waals surface area contributed by atoms with Gasteiger partial charge in [0.1, 0.15) is 17.3 Å². The second-order valence-electron chi connectivity index (χ2n) is 6.87. The Hall–Kier alpha value is -0.850. The van der Waals surface area contributed by atoms with Crippen molar-refractivity contribution in [3.63, 3.8) is 0 Å². The lowest BCUT2D eigenvalue weighted by Crippen LogP contribution is -2.51. The van der Waals surface area contributed by atoms with E-state index in [2.05, 4.69) is 0 Å². The topological polar surface area (TPSA) is 57.2 Å². The molecule has 2 heterocycles. The van der Waals surface area contributed by atoms with Crippen LogP contribution in [0.25, 0.3) is 0 Å². The predicted molar refractivity (Wildman–Crippen MR) is 77.3 cm³/mol. The molecule has 0 bridgehead atoms. The molecule has 0 N–H and O–H groups in total. The lowest BCUT2D eigenvalue weighted by Gasteiger charge is -2.39. The predicted octanol–water partition coefficient (Wildman–Crippen LogP) is 1.82. The number of hydrogen-bond acceptors (Lipinski definition) is 5. The standard InChI is InChI=1S/C15H27NO5/c1-14(2,3)21-13(17)16(4)11-8-15(20-9-11)6-7-19-10-12(15)18-5/h11-12H,6-10H2,1-5H3/t11-,12-,15-/m1/s1. The van der Waals surface area contributed by atoms with Crippen molar-refractivity contribution in [2.75, 3.05) is 34.0 Å². The molecule has 1 amide bonds. The zero-order chi connectivity index (χ0) is 15.7. The van der Waals surface area contributed by atoms with Crippen molar-refractivity contribution in [2.24, 2.45) is 0 Å². The van der Waals surface area contributed by atoms with Crippen LogP contribution in [0.2, 0.25) is 0 Å². The van der Waals surface area contributed by atoms with Crippen molar-refractivity contribution in [3.8, 4) is 0 Å². The van der Waals surface area contributed by atoms with Gasteiger partial charge in [0.05, 0.1) is 19.3 Å². The summed E-state index contributed by atoms with van der Waals surface area (Å²) < 4.78 is 22.4. The van der Waals surface area contributed by atoms with E-state index < -0.39 is 5.60 Å². The molecule has 0 aromatic heterocycles. The fourth-order valence-corrected chi connectivity index (χ4v) is 2.94. The SMILES string of the molecule is CO[C@@H]1COCC[C@@]12C[C@@H](N(C)C(=O)OC(C)(C)C)CO2. The molecule has 0 unspecified atom stereocenters. The molecule has 3 atom stereocenters. The van der Waals surface area contributed by atoms with Gasteiger partial charge in [0, 0.05) is 33.6 Å². The summed E-state index contributed by atoms with van der Waals surface area (Å²) in [7, 11) is 3.44. The van der Waals surface area contributed by atoms with Crippen LogP contribution in [0.4, 0.5) is 4.79 Å². The molecule has 21 heavy (non-hydrogen) atoms. The van der Waals surface area contributed by atoms with Gasteiger partial charge in [0.2, 0.25) is 0 Å². The summed E-state index contributed by atoms with van der Waals surface area (Å²) >= 11 is 0. The highest BCUT2D eigenvalue weighted by atomic mass is 16.6. The van der Waals surface area contributed by atoms with Gasteiger partial charge < -0.3 is 23.8 Å². The van der Waals surface area contributed by atoms with Gasteiger partial charge in [0.15, 0.2) is 0 Å². The van der Waals surface area contributed by atoms with Crippen LogP contribution in [0, 0.1) is 0 Å². The number of nitrogens with zero attached hydrogens (tertiary/aromatic N) is 1. The van der Waals surface area contributed by atoms with Crippen molar-refractivity contribution in [1.82, 2.24) is 4.90 Å². The molecule has 0 aromatic carbocycles. The van der Waals surface area contributed by atoms with Gasteiger partial charge in [-0.1, -0.05) is 0 Å². The molecular weight excluding hydrogens is 274 g/mol. The number of methoxy groups -OCH3 is 1. The van der Waals surface area contributed by atoms with E-state index in [4.69, 9.17) is 18.9 Å². The Morgan fingerprint density at radius 2 is 2.05 bits per heavy atom. The van der Waals surface area contributed by atoms with E-state index in [1.165, 1.54) is 0 Å². The Morgan fingerprint density at radius 1 is 1.33 bits per heavy atom. The van der Waals surface area contributed by atoms with Crippen molar-refractivity contribution in [1.29, 1.82) is 0 Å². The molecule has 2 rings (SSSR count). The first kappa shape index (κ1) is 16.5. The zero-order valence-corrected chi connectivity index (χ0v) is 13.7. The van der Waals surface area contributed by atoms with Gasteiger partial charge in [0.25, 0.3) is 0 Å². The van der Waals surface area contributed by atoms with Crippen molar-refractivity contribution in [2.45, 2.75) is 57.0 Å². The Balaban J connectivity index is 1.99. The van der Waals surface area contributed by atoms with E-state index in [1.807, 2.05) is 20.8 Å².